The van der Waals surface area contributed by atoms with Crippen LogP contribution in [-0.2, 0) is 35.2 Å². The summed E-state index contributed by atoms with van der Waals surface area (Å²) in [6.07, 6.45) is 3.62. The summed E-state index contributed by atoms with van der Waals surface area (Å²) in [4.78, 5) is 68.2. The summed E-state index contributed by atoms with van der Waals surface area (Å²) < 4.78 is 0. The molecule has 214 valence electrons. The van der Waals surface area contributed by atoms with Crippen LogP contribution in [0.25, 0.3) is 0 Å². The van der Waals surface area contributed by atoms with Crippen LogP contribution in [0.5, 0.6) is 0 Å². The predicted molar refractivity (Wildman–Crippen MR) is 147 cm³/mol. The largest absolute Gasteiger partial charge is 0.481 e. The minimum Gasteiger partial charge on any atom is -0.481 e. The Kier molecular flexibility index (Phi) is 15.0. The Morgan fingerprint density at radius 2 is 1.26 bits per heavy atom. The minimum atomic E-state index is -1.13. The molecule has 0 fully saturated rings. The summed E-state index contributed by atoms with van der Waals surface area (Å²) in [5, 5.41) is 22.8. The van der Waals surface area contributed by atoms with Crippen molar-refractivity contribution in [3.63, 3.8) is 0 Å². The zero-order valence-corrected chi connectivity index (χ0v) is 23.1. The van der Waals surface area contributed by atoms with Gasteiger partial charge in [0.05, 0.1) is 17.0 Å². The van der Waals surface area contributed by atoms with Gasteiger partial charge in [-0.05, 0) is 64.7 Å². The molecule has 10 heteroatoms. The fraction of sp³-hybridized carbons (Fsp3) is 0.448. The number of carboxylic acids is 2. The van der Waals surface area contributed by atoms with Gasteiger partial charge in [-0.3, -0.25) is 28.8 Å². The fourth-order valence-electron chi connectivity index (χ4n) is 3.36. The number of hydrogen-bond donors (Lipinski definition) is 4. The van der Waals surface area contributed by atoms with Crippen LogP contribution < -0.4 is 10.6 Å². The molecule has 2 amide bonds. The van der Waals surface area contributed by atoms with Crippen molar-refractivity contribution in [1.82, 2.24) is 10.6 Å². The van der Waals surface area contributed by atoms with E-state index in [1.165, 1.54) is 0 Å². The number of aliphatic carboxylic acids is 2. The van der Waals surface area contributed by atoms with Crippen LogP contribution in [0.3, 0.4) is 0 Å². The number of unbranched alkanes of at least 4 members (excludes halogenated alkanes) is 1. The van der Waals surface area contributed by atoms with E-state index in [1.54, 1.807) is 27.7 Å². The van der Waals surface area contributed by atoms with E-state index in [0.717, 1.165) is 17.7 Å². The normalized spacial score (nSPS) is 11.6. The number of nitrogens with one attached hydrogen (secondary N) is 2. The Morgan fingerprint density at radius 1 is 0.795 bits per heavy atom. The lowest BCUT2D eigenvalue weighted by molar-refractivity contribution is -0.144. The lowest BCUT2D eigenvalue weighted by atomic mass is 9.87. The fourth-order valence-corrected chi connectivity index (χ4v) is 3.36. The average molecular weight is 545 g/mol. The van der Waals surface area contributed by atoms with Crippen LogP contribution in [-0.4, -0.2) is 56.6 Å². The van der Waals surface area contributed by atoms with Crippen molar-refractivity contribution < 1.29 is 39.0 Å². The maximum absolute atomic E-state index is 12.3. The molecule has 1 rings (SSSR count). The third-order valence-electron chi connectivity index (χ3n) is 5.79. The van der Waals surface area contributed by atoms with E-state index in [2.05, 4.69) is 23.8 Å². The topological polar surface area (TPSA) is 167 Å². The lowest BCUT2D eigenvalue weighted by Crippen LogP contribution is -2.50. The van der Waals surface area contributed by atoms with E-state index in [0.29, 0.717) is 12.8 Å². The number of amides is 2. The van der Waals surface area contributed by atoms with Crippen molar-refractivity contribution in [3.05, 3.63) is 61.2 Å². The van der Waals surface area contributed by atoms with Gasteiger partial charge in [0.25, 0.3) is 0 Å². The van der Waals surface area contributed by atoms with Gasteiger partial charge in [0.2, 0.25) is 11.8 Å². The van der Waals surface area contributed by atoms with E-state index in [1.807, 2.05) is 30.3 Å². The van der Waals surface area contributed by atoms with Crippen molar-refractivity contribution >= 4 is 35.3 Å². The van der Waals surface area contributed by atoms with Crippen molar-refractivity contribution in [3.8, 4) is 0 Å². The quantitative estimate of drug-likeness (QED) is 0.182. The Hall–Kier alpha value is -4.08. The summed E-state index contributed by atoms with van der Waals surface area (Å²) in [6.45, 7) is 13.0. The predicted octanol–water partition coefficient (Wildman–Crippen LogP) is 3.25. The first-order valence-electron chi connectivity index (χ1n) is 12.5. The molecule has 1 aromatic rings. The molecule has 0 spiro atoms. The molecule has 10 nitrogen and oxygen atoms in total. The molecular formula is C29H40N2O8. The van der Waals surface area contributed by atoms with Crippen LogP contribution in [0, 0.1) is 5.92 Å². The number of carboxylic acid groups (broad SMARTS) is 2. The third kappa shape index (κ3) is 14.4. The van der Waals surface area contributed by atoms with Crippen LogP contribution >= 0.6 is 0 Å². The highest BCUT2D eigenvalue weighted by Gasteiger charge is 2.32. The molecule has 1 atom stereocenters. The average Bonchev–Trinajstić information content (AvgIpc) is 2.86. The molecule has 4 N–H and O–H groups in total. The molecule has 0 heterocycles. The summed E-state index contributed by atoms with van der Waals surface area (Å²) in [7, 11) is 0. The van der Waals surface area contributed by atoms with Gasteiger partial charge in [0, 0.05) is 19.3 Å². The molecule has 0 aliphatic heterocycles. The van der Waals surface area contributed by atoms with Gasteiger partial charge < -0.3 is 20.8 Å². The summed E-state index contributed by atoms with van der Waals surface area (Å²) in [5.41, 5.74) is -1.21. The number of benzene rings is 1. The first-order valence-corrected chi connectivity index (χ1v) is 12.5. The molecule has 1 unspecified atom stereocenters. The minimum absolute atomic E-state index is 0.0622. The Bertz CT molecular complexity index is 1040. The van der Waals surface area contributed by atoms with Gasteiger partial charge >= 0.3 is 11.9 Å². The molecule has 0 bridgehead atoms. The monoisotopic (exact) mass is 544 g/mol. The number of hydrogen-bond acceptors (Lipinski definition) is 6. The number of Topliss-reactive ketones (excluding diaryl/α,β-unsaturated/α-hetero) is 2. The van der Waals surface area contributed by atoms with Crippen LogP contribution in [0.15, 0.2) is 55.6 Å². The molecule has 0 saturated carbocycles. The Labute approximate surface area is 229 Å². The van der Waals surface area contributed by atoms with Gasteiger partial charge in [0.15, 0.2) is 11.6 Å². The Balaban J connectivity index is 0.000000768. The molecule has 0 aliphatic rings. The van der Waals surface area contributed by atoms with E-state index < -0.39 is 40.7 Å². The highest BCUT2D eigenvalue weighted by Crippen LogP contribution is 2.18. The van der Waals surface area contributed by atoms with Gasteiger partial charge in [-0.1, -0.05) is 43.5 Å². The smallest absolute Gasteiger partial charge is 0.307 e. The second-order valence-electron chi connectivity index (χ2n) is 10.0. The molecule has 0 aromatic heterocycles. The second-order valence-corrected chi connectivity index (χ2v) is 10.0. The zero-order valence-electron chi connectivity index (χ0n) is 23.1. The molecule has 0 aliphatic carbocycles. The van der Waals surface area contributed by atoms with Crippen molar-refractivity contribution in [2.75, 3.05) is 0 Å². The third-order valence-corrected chi connectivity index (χ3v) is 5.79. The number of rotatable bonds is 16. The number of carbonyl (C=O) groups excluding carboxylic acids is 4. The maximum atomic E-state index is 12.3. The SMILES string of the molecule is C=CC(=O)NC(C)(C)C(=O)CC(Cc1ccccc1)C(=O)O.C=CC(=O)NC(C)(C)C(=O)CCCCC(=O)O. The maximum Gasteiger partial charge on any atom is 0.307 e. The van der Waals surface area contributed by atoms with Crippen LogP contribution in [0.2, 0.25) is 0 Å². The summed E-state index contributed by atoms with van der Waals surface area (Å²) in [5.74, 6) is -4.01. The molecule has 0 radical (unpaired) electrons. The van der Waals surface area contributed by atoms with Gasteiger partial charge in [0.1, 0.15) is 0 Å². The molecule has 1 aromatic carbocycles. The van der Waals surface area contributed by atoms with E-state index in [9.17, 15) is 33.9 Å². The lowest BCUT2D eigenvalue weighted by Gasteiger charge is -2.25. The molecular weight excluding hydrogens is 504 g/mol. The second kappa shape index (κ2) is 16.7. The number of carbonyl (C=O) groups is 6. The van der Waals surface area contributed by atoms with Crippen LogP contribution in [0.1, 0.15) is 65.4 Å². The van der Waals surface area contributed by atoms with Crippen molar-refractivity contribution in [1.29, 1.82) is 0 Å². The van der Waals surface area contributed by atoms with Gasteiger partial charge in [-0.15, -0.1) is 0 Å². The van der Waals surface area contributed by atoms with Crippen molar-refractivity contribution in [2.45, 2.75) is 77.3 Å². The van der Waals surface area contributed by atoms with E-state index in [4.69, 9.17) is 5.11 Å². The van der Waals surface area contributed by atoms with Crippen LogP contribution in [0.4, 0.5) is 0 Å². The summed E-state index contributed by atoms with van der Waals surface area (Å²) in [6, 6.07) is 9.14. The highest BCUT2D eigenvalue weighted by atomic mass is 16.4. The van der Waals surface area contributed by atoms with Gasteiger partial charge in [-0.2, -0.15) is 0 Å². The molecule has 39 heavy (non-hydrogen) atoms. The standard InChI is InChI=1S/C17H21NO4.C12H19NO4/c1-4-15(20)18-17(2,3)14(19)11-13(16(21)22)10-12-8-6-5-7-9-12;1-4-10(15)13-12(2,3)9(14)7-5-6-8-11(16)17/h4-9,13H,1,10-11H2,2-3H3,(H,18,20)(H,21,22);4H,1,5-8H2,2-3H3,(H,13,15)(H,16,17). The Morgan fingerprint density at radius 3 is 1.69 bits per heavy atom. The molecule has 0 saturated heterocycles. The number of ketones is 2. The highest BCUT2D eigenvalue weighted by molar-refractivity contribution is 5.97. The van der Waals surface area contributed by atoms with E-state index in [-0.39, 0.29) is 37.2 Å². The summed E-state index contributed by atoms with van der Waals surface area (Å²) >= 11 is 0. The van der Waals surface area contributed by atoms with E-state index >= 15 is 0 Å². The van der Waals surface area contributed by atoms with Crippen molar-refractivity contribution in [2.24, 2.45) is 5.92 Å². The zero-order chi connectivity index (χ0) is 30.2. The first kappa shape index (κ1) is 34.9. The van der Waals surface area contributed by atoms with Gasteiger partial charge in [-0.25, -0.2) is 0 Å². The first-order chi connectivity index (χ1) is 18.0.